The molecule has 6 atom stereocenters. The molecule has 9 heteroatoms. The first-order valence-electron chi connectivity index (χ1n) is 15.0. The number of hydrogen-bond donors (Lipinski definition) is 4. The number of nitrogens with zero attached hydrogens (tertiary/aromatic N) is 3. The van der Waals surface area contributed by atoms with E-state index in [2.05, 4.69) is 54.5 Å². The molecule has 38 heavy (non-hydrogen) atoms. The number of carbonyl (C=O) groups is 1. The Morgan fingerprint density at radius 3 is 2.79 bits per heavy atom. The summed E-state index contributed by atoms with van der Waals surface area (Å²) in [6, 6.07) is 0.839. The van der Waals surface area contributed by atoms with Crippen LogP contribution in [0.5, 0.6) is 0 Å². The van der Waals surface area contributed by atoms with Crippen LogP contribution in [0.1, 0.15) is 78.1 Å². The zero-order valence-electron chi connectivity index (χ0n) is 24.3. The van der Waals surface area contributed by atoms with Crippen molar-refractivity contribution in [2.24, 2.45) is 27.8 Å². The van der Waals surface area contributed by atoms with Crippen molar-refractivity contribution in [1.82, 2.24) is 20.4 Å². The van der Waals surface area contributed by atoms with Crippen LogP contribution >= 0.6 is 11.6 Å². The molecule has 3 heterocycles. The number of unbranched alkanes of at least 4 members (excludes halogenated alkanes) is 2. The van der Waals surface area contributed by atoms with E-state index in [-0.39, 0.29) is 22.7 Å². The maximum Gasteiger partial charge on any atom is 0.232 e. The second-order valence-corrected chi connectivity index (χ2v) is 12.9. The average molecular weight is 552 g/mol. The number of aliphatic imine (C=N–C) groups is 1. The molecule has 218 valence electrons. The van der Waals surface area contributed by atoms with Crippen LogP contribution in [0.2, 0.25) is 0 Å². The summed E-state index contributed by atoms with van der Waals surface area (Å²) in [4.78, 5) is 23.6. The Labute approximate surface area is 236 Å². The van der Waals surface area contributed by atoms with Gasteiger partial charge in [-0.2, -0.15) is 0 Å². The zero-order chi connectivity index (χ0) is 27.7. The largest absolute Gasteiger partial charge is 0.350 e. The fraction of sp³-hybridized carbons (Fsp3) is 0.862. The highest BCUT2D eigenvalue weighted by Crippen LogP contribution is 2.37. The molecule has 2 saturated heterocycles. The first-order chi connectivity index (χ1) is 18.1. The van der Waals surface area contributed by atoms with E-state index in [1.165, 1.54) is 25.7 Å². The van der Waals surface area contributed by atoms with Crippen molar-refractivity contribution in [2.75, 3.05) is 40.3 Å². The third-order valence-electron chi connectivity index (χ3n) is 8.85. The van der Waals surface area contributed by atoms with Gasteiger partial charge >= 0.3 is 0 Å². The van der Waals surface area contributed by atoms with Gasteiger partial charge in [-0.1, -0.05) is 45.6 Å². The smallest absolute Gasteiger partial charge is 0.232 e. The monoisotopic (exact) mass is 551 g/mol. The molecule has 6 unspecified atom stereocenters. The summed E-state index contributed by atoms with van der Waals surface area (Å²) in [5.74, 6) is -0.860. The van der Waals surface area contributed by atoms with Crippen molar-refractivity contribution in [3.05, 3.63) is 11.8 Å². The minimum absolute atomic E-state index is 0.00367. The number of nitrogens with two attached hydrogens (primary N) is 2. The number of rotatable bonds is 10. The molecule has 8 nitrogen and oxygen atoms in total. The molecule has 3 aliphatic heterocycles. The number of likely N-dealkylation sites (N-methyl/N-ethyl adjacent to an activating group) is 1. The van der Waals surface area contributed by atoms with Crippen LogP contribution in [0.3, 0.4) is 0 Å². The molecule has 0 saturated carbocycles. The number of carbonyl (C=O) groups excluding carboxylic acids is 1. The Kier molecular flexibility index (Phi) is 12.5. The van der Waals surface area contributed by atoms with Gasteiger partial charge in [0.15, 0.2) is 0 Å². The summed E-state index contributed by atoms with van der Waals surface area (Å²) >= 11 is 6.55. The summed E-state index contributed by atoms with van der Waals surface area (Å²) in [6.45, 7) is 8.31. The lowest BCUT2D eigenvalue weighted by Gasteiger charge is -2.45. The topological polar surface area (TPSA) is 112 Å². The van der Waals surface area contributed by atoms with Crippen molar-refractivity contribution in [3.8, 4) is 0 Å². The number of allylic oxidation sites excluding steroid dienone is 1. The van der Waals surface area contributed by atoms with Crippen LogP contribution in [0.15, 0.2) is 16.8 Å². The van der Waals surface area contributed by atoms with Crippen molar-refractivity contribution in [3.63, 3.8) is 0 Å². The van der Waals surface area contributed by atoms with E-state index in [1.54, 1.807) is 6.21 Å². The maximum absolute atomic E-state index is 13.9. The van der Waals surface area contributed by atoms with Gasteiger partial charge in [-0.05, 0) is 71.1 Å². The lowest BCUT2D eigenvalue weighted by Crippen LogP contribution is -2.63. The second kappa shape index (κ2) is 15.1. The van der Waals surface area contributed by atoms with Crippen LogP contribution in [0.25, 0.3) is 0 Å². The van der Waals surface area contributed by atoms with Gasteiger partial charge in [-0.25, -0.2) is 0 Å². The van der Waals surface area contributed by atoms with Gasteiger partial charge in [0.25, 0.3) is 0 Å². The van der Waals surface area contributed by atoms with Gasteiger partial charge in [0.05, 0.1) is 23.3 Å². The van der Waals surface area contributed by atoms with Crippen molar-refractivity contribution < 1.29 is 4.79 Å². The predicted octanol–water partition coefficient (Wildman–Crippen LogP) is 3.05. The molecule has 0 radical (unpaired) electrons. The maximum atomic E-state index is 13.9. The molecule has 0 aromatic heterocycles. The molecule has 1 amide bonds. The van der Waals surface area contributed by atoms with Crippen LogP contribution in [0.4, 0.5) is 0 Å². The Bertz CT molecular complexity index is 800. The van der Waals surface area contributed by atoms with Crippen molar-refractivity contribution in [1.29, 1.82) is 0 Å². The third-order valence-corrected chi connectivity index (χ3v) is 9.18. The molecular formula is C29H54ClN7O. The lowest BCUT2D eigenvalue weighted by molar-refractivity contribution is -0.126. The average Bonchev–Trinajstić information content (AvgIpc) is 2.94. The summed E-state index contributed by atoms with van der Waals surface area (Å²) < 4.78 is 0. The van der Waals surface area contributed by atoms with E-state index >= 15 is 0 Å². The Hall–Kier alpha value is -1.03. The van der Waals surface area contributed by atoms with Gasteiger partial charge in [0.2, 0.25) is 5.91 Å². The number of piperidine rings is 2. The molecule has 0 bridgehead atoms. The van der Waals surface area contributed by atoms with E-state index in [0.29, 0.717) is 17.8 Å². The SMILES string of the molecule is CCCCCC1(C)C=C(C(C(=O)NC2CNCCC2N2CCCC(N(C)C)C2)C(N)N)N=CC(Cl)CCC1. The normalized spacial score (nSPS) is 32.4. The van der Waals surface area contributed by atoms with Gasteiger partial charge < -0.3 is 27.0 Å². The van der Waals surface area contributed by atoms with Crippen LogP contribution in [-0.2, 0) is 4.79 Å². The molecule has 0 aromatic carbocycles. The van der Waals surface area contributed by atoms with E-state index in [4.69, 9.17) is 28.1 Å². The number of amides is 1. The van der Waals surface area contributed by atoms with Gasteiger partial charge in [0.1, 0.15) is 5.92 Å². The summed E-state index contributed by atoms with van der Waals surface area (Å²) in [5.41, 5.74) is 13.2. The minimum atomic E-state index is -0.851. The van der Waals surface area contributed by atoms with Crippen LogP contribution < -0.4 is 22.1 Å². The molecule has 0 aromatic rings. The molecule has 0 aliphatic carbocycles. The summed E-state index contributed by atoms with van der Waals surface area (Å²) in [5, 5.41) is 6.69. The number of halogens is 1. The van der Waals surface area contributed by atoms with E-state index in [1.807, 2.05) is 0 Å². The number of nitrogens with one attached hydrogen (secondary N) is 2. The van der Waals surface area contributed by atoms with Gasteiger partial charge in [-0.3, -0.25) is 14.7 Å². The zero-order valence-corrected chi connectivity index (χ0v) is 25.1. The molecular weight excluding hydrogens is 498 g/mol. The number of alkyl halides is 1. The first kappa shape index (κ1) is 31.5. The Morgan fingerprint density at radius 1 is 1.29 bits per heavy atom. The molecule has 6 N–H and O–H groups in total. The summed E-state index contributed by atoms with van der Waals surface area (Å²) in [6.07, 6.45) is 14.0. The highest BCUT2D eigenvalue weighted by atomic mass is 35.5. The standard InChI is InChI=1S/C29H54ClN7O/c1-5-6-7-13-29(2)14-8-10-21(30)18-34-23(17-29)26(27(31)32)28(38)35-24-19-33-15-12-25(24)37-16-9-11-22(20-37)36(3)4/h17-18,21-22,24-27,33H,5-16,19-20,31-32H2,1-4H3,(H,35,38). The Balaban J connectivity index is 1.82. The fourth-order valence-corrected chi connectivity index (χ4v) is 6.68. The van der Waals surface area contributed by atoms with Crippen LogP contribution in [0, 0.1) is 11.3 Å². The number of likely N-dealkylation sites (tertiary alicyclic amines) is 1. The number of hydrogen-bond acceptors (Lipinski definition) is 7. The minimum Gasteiger partial charge on any atom is -0.350 e. The van der Waals surface area contributed by atoms with E-state index in [0.717, 1.165) is 64.7 Å². The van der Waals surface area contributed by atoms with Crippen LogP contribution in [-0.4, -0.2) is 91.9 Å². The molecule has 3 rings (SSSR count). The van der Waals surface area contributed by atoms with E-state index in [9.17, 15) is 4.79 Å². The quantitative estimate of drug-likeness (QED) is 0.189. The lowest BCUT2D eigenvalue weighted by atomic mass is 9.78. The fourth-order valence-electron chi connectivity index (χ4n) is 6.47. The Morgan fingerprint density at radius 2 is 2.08 bits per heavy atom. The molecule has 0 spiro atoms. The second-order valence-electron chi connectivity index (χ2n) is 12.4. The molecule has 2 fully saturated rings. The van der Waals surface area contributed by atoms with Crippen molar-refractivity contribution in [2.45, 2.75) is 108 Å². The highest BCUT2D eigenvalue weighted by molar-refractivity contribution is 6.28. The van der Waals surface area contributed by atoms with Gasteiger partial charge in [-0.15, -0.1) is 11.6 Å². The third kappa shape index (κ3) is 9.00. The summed E-state index contributed by atoms with van der Waals surface area (Å²) in [7, 11) is 4.33. The van der Waals surface area contributed by atoms with Crippen molar-refractivity contribution >= 4 is 23.7 Å². The predicted molar refractivity (Wildman–Crippen MR) is 159 cm³/mol. The van der Waals surface area contributed by atoms with E-state index < -0.39 is 12.1 Å². The first-order valence-corrected chi connectivity index (χ1v) is 15.4. The highest BCUT2D eigenvalue weighted by Gasteiger charge is 2.37. The van der Waals surface area contributed by atoms with Gasteiger partial charge in [0, 0.05) is 31.4 Å². The molecule has 3 aliphatic rings.